The van der Waals surface area contributed by atoms with E-state index in [2.05, 4.69) is 19.1 Å². The van der Waals surface area contributed by atoms with E-state index in [1.807, 2.05) is 43.3 Å². The number of hydrogen-bond donors (Lipinski definition) is 0. The van der Waals surface area contributed by atoms with E-state index >= 15 is 0 Å². The molecule has 0 bridgehead atoms. The molecule has 4 nitrogen and oxygen atoms in total. The van der Waals surface area contributed by atoms with Crippen LogP contribution in [-0.4, -0.2) is 26.5 Å². The minimum Gasteiger partial charge on any atom is -0.493 e. The van der Waals surface area contributed by atoms with Crippen LogP contribution in [-0.2, 0) is 13.7 Å². The van der Waals surface area contributed by atoms with Gasteiger partial charge in [-0.3, -0.25) is 0 Å². The van der Waals surface area contributed by atoms with Gasteiger partial charge in [-0.25, -0.2) is 3.63 Å². The predicted octanol–water partition coefficient (Wildman–Crippen LogP) is 6.60. The first kappa shape index (κ1) is 22.2. The van der Waals surface area contributed by atoms with Gasteiger partial charge in [-0.15, -0.1) is 0 Å². The van der Waals surface area contributed by atoms with Gasteiger partial charge in [0.15, 0.2) is 0 Å². The molecule has 0 radical (unpaired) electrons. The average Bonchev–Trinajstić information content (AvgIpc) is 3.23. The highest BCUT2D eigenvalue weighted by atomic mass is 32.3. The Kier molecular flexibility index (Phi) is 6.60. The van der Waals surface area contributed by atoms with Gasteiger partial charge in [-0.2, -0.15) is 8.42 Å². The molecule has 3 aromatic carbocycles. The Labute approximate surface area is 187 Å². The summed E-state index contributed by atoms with van der Waals surface area (Å²) in [6.07, 6.45) is 4.03. The summed E-state index contributed by atoms with van der Waals surface area (Å²) < 4.78 is 38.7. The molecule has 1 fully saturated rings. The molecule has 0 saturated carbocycles. The monoisotopic (exact) mass is 458 g/mol. The van der Waals surface area contributed by atoms with Gasteiger partial charge in [-0.1, -0.05) is 65.6 Å². The van der Waals surface area contributed by atoms with Crippen LogP contribution in [0.15, 0.2) is 70.5 Å². The van der Waals surface area contributed by atoms with Crippen molar-refractivity contribution in [2.75, 3.05) is 18.1 Å². The lowest BCUT2D eigenvalue weighted by molar-refractivity contribution is 0.313. The van der Waals surface area contributed by atoms with E-state index in [4.69, 9.17) is 8.37 Å². The fourth-order valence-electron chi connectivity index (χ4n) is 4.03. The summed E-state index contributed by atoms with van der Waals surface area (Å²) in [4.78, 5) is 1.24. The Hall–Kier alpha value is -2.02. The maximum Gasteiger partial charge on any atom is 0.306 e. The molecule has 166 valence electrons. The first-order valence-corrected chi connectivity index (χ1v) is 14.2. The highest BCUT2D eigenvalue weighted by Gasteiger charge is 2.38. The van der Waals surface area contributed by atoms with E-state index < -0.39 is 20.4 Å². The van der Waals surface area contributed by atoms with E-state index in [1.165, 1.54) is 0 Å². The largest absolute Gasteiger partial charge is 0.493 e. The van der Waals surface area contributed by atoms with E-state index in [0.29, 0.717) is 6.61 Å². The SMILES string of the molecule is CCCCOc1ccc(S2(OS(=O)(=O)c3ccc(C)cc3)CCCC2)c2ccccc12. The zero-order valence-corrected chi connectivity index (χ0v) is 19.8. The maximum absolute atomic E-state index is 13.2. The fraction of sp³-hybridized carbons (Fsp3) is 0.360. The summed E-state index contributed by atoms with van der Waals surface area (Å²) in [6, 6.07) is 19.0. The van der Waals surface area contributed by atoms with E-state index in [0.717, 1.165) is 64.2 Å². The molecular formula is C25H30O4S2. The van der Waals surface area contributed by atoms with Crippen LogP contribution >= 0.6 is 10.3 Å². The first-order chi connectivity index (χ1) is 15.0. The molecule has 3 aromatic rings. The van der Waals surface area contributed by atoms with Crippen molar-refractivity contribution in [1.29, 1.82) is 0 Å². The molecule has 0 aromatic heterocycles. The zero-order valence-electron chi connectivity index (χ0n) is 18.2. The van der Waals surface area contributed by atoms with Crippen LogP contribution in [0, 0.1) is 6.92 Å². The lowest BCUT2D eigenvalue weighted by Crippen LogP contribution is -2.15. The fourth-order valence-corrected chi connectivity index (χ4v) is 9.91. The van der Waals surface area contributed by atoms with Crippen molar-refractivity contribution in [3.63, 3.8) is 0 Å². The summed E-state index contributed by atoms with van der Waals surface area (Å²) in [5.74, 6) is 2.37. The predicted molar refractivity (Wildman–Crippen MR) is 129 cm³/mol. The summed E-state index contributed by atoms with van der Waals surface area (Å²) >= 11 is 0. The topological polar surface area (TPSA) is 52.6 Å². The number of aryl methyl sites for hydroxylation is 1. The van der Waals surface area contributed by atoms with Crippen molar-refractivity contribution in [3.05, 3.63) is 66.2 Å². The van der Waals surface area contributed by atoms with Crippen LogP contribution in [0.25, 0.3) is 10.8 Å². The second kappa shape index (κ2) is 9.23. The first-order valence-electron chi connectivity index (χ1n) is 10.9. The minimum absolute atomic E-state index is 0.223. The number of hydrogen-bond acceptors (Lipinski definition) is 4. The van der Waals surface area contributed by atoms with Gasteiger partial charge in [0.05, 0.1) is 11.5 Å². The number of unbranched alkanes of at least 4 members (excludes halogenated alkanes) is 1. The molecular weight excluding hydrogens is 428 g/mol. The van der Waals surface area contributed by atoms with Gasteiger partial charge in [0, 0.05) is 21.8 Å². The normalized spacial score (nSPS) is 17.0. The van der Waals surface area contributed by atoms with Crippen molar-refractivity contribution in [1.82, 2.24) is 0 Å². The molecule has 1 aliphatic heterocycles. The van der Waals surface area contributed by atoms with Gasteiger partial charge in [0.2, 0.25) is 0 Å². The molecule has 0 aliphatic carbocycles. The average molecular weight is 459 g/mol. The molecule has 0 N–H and O–H groups in total. The van der Waals surface area contributed by atoms with Gasteiger partial charge in [0.25, 0.3) is 0 Å². The van der Waals surface area contributed by atoms with Crippen molar-refractivity contribution < 1.29 is 16.8 Å². The van der Waals surface area contributed by atoms with E-state index in [-0.39, 0.29) is 4.90 Å². The van der Waals surface area contributed by atoms with Crippen molar-refractivity contribution in [2.45, 2.75) is 49.3 Å². The Morgan fingerprint density at radius 1 is 0.903 bits per heavy atom. The molecule has 6 heteroatoms. The van der Waals surface area contributed by atoms with Crippen LogP contribution in [0.3, 0.4) is 0 Å². The van der Waals surface area contributed by atoms with Gasteiger partial charge < -0.3 is 4.74 Å². The van der Waals surface area contributed by atoms with Gasteiger partial charge in [0.1, 0.15) is 5.75 Å². The van der Waals surface area contributed by atoms with Crippen molar-refractivity contribution >= 4 is 31.2 Å². The third kappa shape index (κ3) is 4.61. The summed E-state index contributed by atoms with van der Waals surface area (Å²) in [7, 11) is -5.83. The van der Waals surface area contributed by atoms with Crippen molar-refractivity contribution in [3.8, 4) is 5.75 Å². The molecule has 1 heterocycles. The molecule has 0 unspecified atom stereocenters. The number of benzene rings is 3. The smallest absolute Gasteiger partial charge is 0.306 e. The standard InChI is InChI=1S/C25H30O4S2/c1-3-4-17-28-24-15-16-25(23-10-6-5-9-22(23)24)30(18-7-8-19-30)29-31(26,27)21-13-11-20(2)12-14-21/h5-6,9-16H,3-4,7-8,17-19H2,1-2H3. The van der Waals surface area contributed by atoms with Crippen LogP contribution in [0.1, 0.15) is 38.2 Å². The lowest BCUT2D eigenvalue weighted by atomic mass is 10.1. The molecule has 1 aliphatic rings. The second-order valence-electron chi connectivity index (χ2n) is 8.07. The quantitative estimate of drug-likeness (QED) is 0.357. The Morgan fingerprint density at radius 2 is 1.58 bits per heavy atom. The zero-order chi connectivity index (χ0) is 21.9. The Balaban J connectivity index is 1.76. The number of fused-ring (bicyclic) bond motifs is 1. The number of ether oxygens (including phenoxy) is 1. The molecule has 4 rings (SSSR count). The third-order valence-corrected chi connectivity index (χ3v) is 11.4. The van der Waals surface area contributed by atoms with Gasteiger partial charge in [-0.05, 0) is 55.8 Å². The molecule has 1 saturated heterocycles. The third-order valence-electron chi connectivity index (χ3n) is 5.73. The highest BCUT2D eigenvalue weighted by molar-refractivity contribution is 8.33. The summed E-state index contributed by atoms with van der Waals surface area (Å²) in [5, 5.41) is 2.05. The summed E-state index contributed by atoms with van der Waals surface area (Å²) in [6.45, 7) is 4.76. The Bertz CT molecular complexity index is 1150. The Morgan fingerprint density at radius 3 is 2.26 bits per heavy atom. The van der Waals surface area contributed by atoms with Crippen LogP contribution in [0.2, 0.25) is 0 Å². The molecule has 0 atom stereocenters. The van der Waals surface area contributed by atoms with Crippen LogP contribution in [0.5, 0.6) is 5.75 Å². The molecule has 0 amide bonds. The molecule has 31 heavy (non-hydrogen) atoms. The number of rotatable bonds is 8. The minimum atomic E-state index is -3.86. The summed E-state index contributed by atoms with van der Waals surface area (Å²) in [5.41, 5.74) is 1.02. The molecule has 0 spiro atoms. The highest BCUT2D eigenvalue weighted by Crippen LogP contribution is 2.64. The maximum atomic E-state index is 13.2. The lowest BCUT2D eigenvalue weighted by Gasteiger charge is -2.35. The van der Waals surface area contributed by atoms with Crippen LogP contribution in [0.4, 0.5) is 0 Å². The second-order valence-corrected chi connectivity index (χ2v) is 12.9. The van der Waals surface area contributed by atoms with E-state index in [1.54, 1.807) is 12.1 Å². The van der Waals surface area contributed by atoms with Gasteiger partial charge >= 0.3 is 10.1 Å². The van der Waals surface area contributed by atoms with Crippen molar-refractivity contribution in [2.24, 2.45) is 0 Å². The van der Waals surface area contributed by atoms with Crippen LogP contribution < -0.4 is 4.74 Å². The van der Waals surface area contributed by atoms with E-state index in [9.17, 15) is 8.42 Å².